The lowest BCUT2D eigenvalue weighted by Gasteiger charge is -2.41. The first-order chi connectivity index (χ1) is 9.72. The number of hydrogen-bond donors (Lipinski definition) is 0. The van der Waals surface area contributed by atoms with Crippen LogP contribution in [0.1, 0.15) is 13.3 Å². The Hall–Kier alpha value is -2.00. The lowest BCUT2D eigenvalue weighted by molar-refractivity contribution is 0.285. The molecule has 2 aromatic carbocycles. The highest BCUT2D eigenvalue weighted by Gasteiger charge is 2.29. The third-order valence-electron chi connectivity index (χ3n) is 3.73. The van der Waals surface area contributed by atoms with Crippen molar-refractivity contribution in [3.63, 3.8) is 0 Å². The van der Waals surface area contributed by atoms with Gasteiger partial charge in [0.05, 0.1) is 17.5 Å². The number of benzene rings is 2. The molecule has 1 heterocycles. The summed E-state index contributed by atoms with van der Waals surface area (Å²) < 4.78 is 6.02. The fraction of sp³-hybridized carbons (Fsp3) is 0.294. The molecule has 0 spiro atoms. The van der Waals surface area contributed by atoms with Crippen LogP contribution in [-0.2, 0) is 0 Å². The lowest BCUT2D eigenvalue weighted by Crippen LogP contribution is -2.43. The highest BCUT2D eigenvalue weighted by Crippen LogP contribution is 2.47. The molecule has 1 unspecified atom stereocenters. The lowest BCUT2D eigenvalue weighted by atomic mass is 10.1. The van der Waals surface area contributed by atoms with Gasteiger partial charge in [0.2, 0.25) is 0 Å². The van der Waals surface area contributed by atoms with Crippen molar-refractivity contribution in [3.05, 3.63) is 48.5 Å². The van der Waals surface area contributed by atoms with Gasteiger partial charge in [-0.25, -0.2) is 0 Å². The molecule has 1 aliphatic rings. The van der Waals surface area contributed by atoms with E-state index in [2.05, 4.69) is 55.1 Å². The minimum Gasteiger partial charge on any atom is -0.453 e. The van der Waals surface area contributed by atoms with Gasteiger partial charge in [-0.05, 0) is 44.8 Å². The maximum atomic E-state index is 6.02. The van der Waals surface area contributed by atoms with Crippen LogP contribution in [-0.4, -0.2) is 25.2 Å². The van der Waals surface area contributed by atoms with Crippen molar-refractivity contribution in [2.45, 2.75) is 19.5 Å². The normalized spacial score (nSPS) is 14.5. The first-order valence-corrected chi connectivity index (χ1v) is 7.04. The fourth-order valence-electron chi connectivity index (χ4n) is 2.83. The summed E-state index contributed by atoms with van der Waals surface area (Å²) in [5, 5.41) is 0. The van der Waals surface area contributed by atoms with Gasteiger partial charge in [0.15, 0.2) is 11.5 Å². The largest absolute Gasteiger partial charge is 0.453 e. The number of fused-ring (bicyclic) bond motifs is 2. The summed E-state index contributed by atoms with van der Waals surface area (Å²) in [5.41, 5.74) is 2.26. The van der Waals surface area contributed by atoms with Gasteiger partial charge in [-0.3, -0.25) is 4.90 Å². The van der Waals surface area contributed by atoms with Crippen LogP contribution in [0.4, 0.5) is 11.4 Å². The molecule has 3 nitrogen and oxygen atoms in total. The van der Waals surface area contributed by atoms with Gasteiger partial charge in [-0.2, -0.15) is 0 Å². The summed E-state index contributed by atoms with van der Waals surface area (Å²) in [6.07, 6.45) is 1.34. The van der Waals surface area contributed by atoms with Crippen LogP contribution in [0.2, 0.25) is 0 Å². The van der Waals surface area contributed by atoms with Crippen LogP contribution in [0.15, 0.2) is 48.5 Å². The quantitative estimate of drug-likeness (QED) is 0.828. The standard InChI is InChI=1S/C17H20N2O/c1-4-17(18(2)3)19-13-9-5-7-11-15(13)20-16-12-8-6-10-14(16)19/h5-12,17H,4H2,1-3H3. The van der Waals surface area contributed by atoms with E-state index in [1.165, 1.54) is 0 Å². The maximum Gasteiger partial charge on any atom is 0.151 e. The molecule has 3 heteroatoms. The highest BCUT2D eigenvalue weighted by molar-refractivity contribution is 5.78. The van der Waals surface area contributed by atoms with Gasteiger partial charge < -0.3 is 9.64 Å². The Labute approximate surface area is 120 Å². The topological polar surface area (TPSA) is 15.7 Å². The van der Waals surface area contributed by atoms with E-state index < -0.39 is 0 Å². The molecule has 0 N–H and O–H groups in total. The van der Waals surface area contributed by atoms with Crippen molar-refractivity contribution in [1.82, 2.24) is 4.90 Å². The Morgan fingerprint density at radius 3 is 1.90 bits per heavy atom. The minimum atomic E-state index is 0.307. The smallest absolute Gasteiger partial charge is 0.151 e. The van der Waals surface area contributed by atoms with Gasteiger partial charge in [0.25, 0.3) is 0 Å². The van der Waals surface area contributed by atoms with Crippen LogP contribution < -0.4 is 9.64 Å². The van der Waals surface area contributed by atoms with Gasteiger partial charge in [0.1, 0.15) is 0 Å². The molecule has 0 fully saturated rings. The summed E-state index contributed by atoms with van der Waals surface area (Å²) in [7, 11) is 4.24. The first kappa shape index (κ1) is 13.0. The SMILES string of the molecule is CCC(N(C)C)N1c2ccccc2Oc2ccccc21. The molecule has 104 valence electrons. The number of nitrogens with zero attached hydrogens (tertiary/aromatic N) is 2. The summed E-state index contributed by atoms with van der Waals surface area (Å²) in [5.74, 6) is 1.85. The van der Waals surface area contributed by atoms with E-state index in [1.54, 1.807) is 0 Å². The zero-order valence-corrected chi connectivity index (χ0v) is 12.2. The number of ether oxygens (including phenoxy) is 1. The third-order valence-corrected chi connectivity index (χ3v) is 3.73. The molecule has 2 aromatic rings. The van der Waals surface area contributed by atoms with Crippen molar-refractivity contribution >= 4 is 11.4 Å². The Kier molecular flexibility index (Phi) is 3.36. The van der Waals surface area contributed by atoms with Crippen molar-refractivity contribution in [1.29, 1.82) is 0 Å². The molecule has 0 bridgehead atoms. The number of para-hydroxylation sites is 4. The Bertz CT molecular complexity index is 564. The molecule has 0 amide bonds. The summed E-state index contributed by atoms with van der Waals surface area (Å²) in [6.45, 7) is 2.21. The van der Waals surface area contributed by atoms with Gasteiger partial charge in [0, 0.05) is 0 Å². The van der Waals surface area contributed by atoms with Gasteiger partial charge in [-0.15, -0.1) is 0 Å². The average molecular weight is 268 g/mol. The van der Waals surface area contributed by atoms with Crippen molar-refractivity contribution in [2.24, 2.45) is 0 Å². The maximum absolute atomic E-state index is 6.02. The summed E-state index contributed by atoms with van der Waals surface area (Å²) in [6, 6.07) is 16.5. The molecule has 1 atom stereocenters. The molecule has 20 heavy (non-hydrogen) atoms. The average Bonchev–Trinajstić information content (AvgIpc) is 2.47. The molecule has 1 aliphatic heterocycles. The third kappa shape index (κ3) is 2.04. The zero-order valence-electron chi connectivity index (χ0n) is 12.2. The second-order valence-corrected chi connectivity index (χ2v) is 5.26. The molecule has 0 aromatic heterocycles. The van der Waals surface area contributed by atoms with Crippen molar-refractivity contribution in [3.8, 4) is 11.5 Å². The molecular formula is C17H20N2O. The van der Waals surface area contributed by atoms with Crippen molar-refractivity contribution in [2.75, 3.05) is 19.0 Å². The Morgan fingerprint density at radius 1 is 0.950 bits per heavy atom. The van der Waals surface area contributed by atoms with E-state index in [1.807, 2.05) is 24.3 Å². The van der Waals surface area contributed by atoms with E-state index in [-0.39, 0.29) is 0 Å². The van der Waals surface area contributed by atoms with E-state index in [0.29, 0.717) is 6.17 Å². The fourth-order valence-corrected chi connectivity index (χ4v) is 2.83. The second-order valence-electron chi connectivity index (χ2n) is 5.26. The zero-order chi connectivity index (χ0) is 14.1. The number of rotatable bonds is 3. The molecular weight excluding hydrogens is 248 g/mol. The Morgan fingerprint density at radius 2 is 1.45 bits per heavy atom. The minimum absolute atomic E-state index is 0.307. The number of hydrogen-bond acceptors (Lipinski definition) is 3. The molecule has 0 saturated carbocycles. The summed E-state index contributed by atoms with van der Waals surface area (Å²) >= 11 is 0. The second kappa shape index (κ2) is 5.17. The molecule has 0 radical (unpaired) electrons. The molecule has 0 saturated heterocycles. The summed E-state index contributed by atoms with van der Waals surface area (Å²) in [4.78, 5) is 4.62. The highest BCUT2D eigenvalue weighted by atomic mass is 16.5. The predicted octanol–water partition coefficient (Wildman–Crippen LogP) is 4.23. The van der Waals surface area contributed by atoms with Crippen molar-refractivity contribution < 1.29 is 4.74 Å². The molecule has 0 aliphatic carbocycles. The van der Waals surface area contributed by atoms with E-state index >= 15 is 0 Å². The van der Waals surface area contributed by atoms with E-state index in [4.69, 9.17) is 4.74 Å². The van der Waals surface area contributed by atoms with Crippen LogP contribution >= 0.6 is 0 Å². The van der Waals surface area contributed by atoms with Crippen LogP contribution in [0.5, 0.6) is 11.5 Å². The monoisotopic (exact) mass is 268 g/mol. The van der Waals surface area contributed by atoms with E-state index in [9.17, 15) is 0 Å². The van der Waals surface area contributed by atoms with E-state index in [0.717, 1.165) is 29.3 Å². The number of anilines is 2. The van der Waals surface area contributed by atoms with Crippen LogP contribution in [0, 0.1) is 0 Å². The van der Waals surface area contributed by atoms with Gasteiger partial charge in [-0.1, -0.05) is 31.2 Å². The first-order valence-electron chi connectivity index (χ1n) is 7.04. The Balaban J connectivity index is 2.17. The predicted molar refractivity (Wildman–Crippen MR) is 82.9 cm³/mol. The van der Waals surface area contributed by atoms with Gasteiger partial charge >= 0.3 is 0 Å². The van der Waals surface area contributed by atoms with Crippen LogP contribution in [0.25, 0.3) is 0 Å². The molecule has 3 rings (SSSR count). The van der Waals surface area contributed by atoms with Crippen LogP contribution in [0.3, 0.4) is 0 Å².